The molecule has 0 aliphatic carbocycles. The number of benzene rings is 2. The predicted molar refractivity (Wildman–Crippen MR) is 110 cm³/mol. The third-order valence-electron chi connectivity index (χ3n) is 4.37. The van der Waals surface area contributed by atoms with Crippen molar-refractivity contribution in [3.8, 4) is 0 Å². The molecule has 0 spiro atoms. The maximum Gasteiger partial charge on any atom is 0.251 e. The molecule has 6 heteroatoms. The van der Waals surface area contributed by atoms with Crippen molar-refractivity contribution in [1.29, 1.82) is 0 Å². The Morgan fingerprint density at radius 1 is 0.929 bits per heavy atom. The number of carbonyl (C=O) groups excluding carboxylic acids is 3. The van der Waals surface area contributed by atoms with Crippen LogP contribution in [0.5, 0.6) is 0 Å². The number of anilines is 1. The second kappa shape index (κ2) is 10.3. The van der Waals surface area contributed by atoms with Gasteiger partial charge in [0.15, 0.2) is 0 Å². The van der Waals surface area contributed by atoms with Crippen molar-refractivity contribution < 1.29 is 14.4 Å². The first-order valence-electron chi connectivity index (χ1n) is 9.43. The number of rotatable bonds is 8. The van der Waals surface area contributed by atoms with Gasteiger partial charge in [0, 0.05) is 11.3 Å². The number of amides is 3. The normalized spacial score (nSPS) is 11.6. The van der Waals surface area contributed by atoms with Gasteiger partial charge in [-0.2, -0.15) is 0 Å². The number of hydrogen-bond acceptors (Lipinski definition) is 3. The largest absolute Gasteiger partial charge is 0.345 e. The molecule has 0 aliphatic rings. The third-order valence-corrected chi connectivity index (χ3v) is 4.37. The second-order valence-electron chi connectivity index (χ2n) is 6.84. The highest BCUT2D eigenvalue weighted by Crippen LogP contribution is 2.15. The van der Waals surface area contributed by atoms with E-state index in [-0.39, 0.29) is 24.3 Å². The predicted octanol–water partition coefficient (Wildman–Crippen LogP) is 2.76. The van der Waals surface area contributed by atoms with Crippen LogP contribution < -0.4 is 16.0 Å². The Morgan fingerprint density at radius 2 is 1.57 bits per heavy atom. The summed E-state index contributed by atoms with van der Waals surface area (Å²) in [5, 5.41) is 8.16. The van der Waals surface area contributed by atoms with Gasteiger partial charge in [-0.25, -0.2) is 0 Å². The van der Waals surface area contributed by atoms with E-state index < -0.39 is 11.9 Å². The number of carbonyl (C=O) groups is 3. The Bertz CT molecular complexity index is 819. The van der Waals surface area contributed by atoms with Crippen LogP contribution in [0.25, 0.3) is 0 Å². The first-order valence-corrected chi connectivity index (χ1v) is 9.43. The fourth-order valence-electron chi connectivity index (χ4n) is 2.77. The van der Waals surface area contributed by atoms with Crippen LogP contribution in [0.2, 0.25) is 0 Å². The van der Waals surface area contributed by atoms with Crippen LogP contribution in [0.4, 0.5) is 5.69 Å². The topological polar surface area (TPSA) is 87.3 Å². The zero-order valence-electron chi connectivity index (χ0n) is 16.5. The fraction of sp³-hybridized carbons (Fsp3) is 0.318. The summed E-state index contributed by atoms with van der Waals surface area (Å²) in [7, 11) is 0. The van der Waals surface area contributed by atoms with Crippen molar-refractivity contribution >= 4 is 23.4 Å². The Hall–Kier alpha value is -3.15. The van der Waals surface area contributed by atoms with E-state index in [0.29, 0.717) is 5.56 Å². The molecule has 0 saturated heterocycles. The summed E-state index contributed by atoms with van der Waals surface area (Å²) in [6.45, 7) is 5.52. The zero-order valence-corrected chi connectivity index (χ0v) is 16.5. The van der Waals surface area contributed by atoms with Crippen molar-refractivity contribution in [3.63, 3.8) is 0 Å². The maximum absolute atomic E-state index is 12.5. The van der Waals surface area contributed by atoms with Crippen LogP contribution in [-0.4, -0.2) is 30.3 Å². The fourth-order valence-corrected chi connectivity index (χ4v) is 2.77. The van der Waals surface area contributed by atoms with Crippen LogP contribution in [-0.2, 0) is 16.0 Å². The quantitative estimate of drug-likeness (QED) is 0.657. The van der Waals surface area contributed by atoms with E-state index in [2.05, 4.69) is 16.0 Å². The molecule has 28 heavy (non-hydrogen) atoms. The summed E-state index contributed by atoms with van der Waals surface area (Å²) in [6, 6.07) is 15.5. The summed E-state index contributed by atoms with van der Waals surface area (Å²) >= 11 is 0. The van der Waals surface area contributed by atoms with Crippen molar-refractivity contribution in [1.82, 2.24) is 10.6 Å². The molecule has 0 aliphatic heterocycles. The molecular weight excluding hydrogens is 354 g/mol. The SMILES string of the molecule is CCc1ccccc1NC(=O)CNC(=O)C(NC(=O)c1ccccc1)C(C)C. The molecule has 0 fully saturated rings. The van der Waals surface area contributed by atoms with Gasteiger partial charge >= 0.3 is 0 Å². The van der Waals surface area contributed by atoms with E-state index in [1.165, 1.54) is 0 Å². The summed E-state index contributed by atoms with van der Waals surface area (Å²) in [6.07, 6.45) is 0.795. The second-order valence-corrected chi connectivity index (χ2v) is 6.84. The Labute approximate surface area is 165 Å². The minimum Gasteiger partial charge on any atom is -0.345 e. The smallest absolute Gasteiger partial charge is 0.251 e. The Morgan fingerprint density at radius 3 is 2.21 bits per heavy atom. The van der Waals surface area contributed by atoms with Gasteiger partial charge in [-0.3, -0.25) is 14.4 Å². The lowest BCUT2D eigenvalue weighted by atomic mass is 10.0. The summed E-state index contributed by atoms with van der Waals surface area (Å²) in [5.41, 5.74) is 2.24. The van der Waals surface area contributed by atoms with Crippen LogP contribution in [0, 0.1) is 5.92 Å². The van der Waals surface area contributed by atoms with E-state index in [9.17, 15) is 14.4 Å². The molecule has 0 heterocycles. The molecule has 2 aromatic rings. The average Bonchev–Trinajstić information content (AvgIpc) is 2.70. The molecule has 2 rings (SSSR count). The molecule has 1 unspecified atom stereocenters. The van der Waals surface area contributed by atoms with Crippen molar-refractivity contribution in [2.24, 2.45) is 5.92 Å². The molecule has 3 amide bonds. The van der Waals surface area contributed by atoms with Gasteiger partial charge in [0.25, 0.3) is 5.91 Å². The van der Waals surface area contributed by atoms with Crippen molar-refractivity contribution in [2.75, 3.05) is 11.9 Å². The highest BCUT2D eigenvalue weighted by molar-refractivity contribution is 5.99. The van der Waals surface area contributed by atoms with Crippen molar-refractivity contribution in [2.45, 2.75) is 33.2 Å². The van der Waals surface area contributed by atoms with E-state index in [1.54, 1.807) is 24.3 Å². The highest BCUT2D eigenvalue weighted by atomic mass is 16.2. The molecule has 0 radical (unpaired) electrons. The molecular formula is C22H27N3O3. The van der Waals surface area contributed by atoms with Gasteiger partial charge in [0.1, 0.15) is 6.04 Å². The van der Waals surface area contributed by atoms with Gasteiger partial charge in [-0.15, -0.1) is 0 Å². The number of hydrogen-bond donors (Lipinski definition) is 3. The Balaban J connectivity index is 1.93. The first-order chi connectivity index (χ1) is 13.4. The van der Waals surface area contributed by atoms with Crippen LogP contribution in [0.1, 0.15) is 36.7 Å². The molecule has 148 valence electrons. The Kier molecular flexibility index (Phi) is 7.75. The third kappa shape index (κ3) is 5.94. The van der Waals surface area contributed by atoms with E-state index in [0.717, 1.165) is 17.7 Å². The lowest BCUT2D eigenvalue weighted by Gasteiger charge is -2.21. The van der Waals surface area contributed by atoms with Gasteiger partial charge in [0.05, 0.1) is 6.54 Å². The molecule has 6 nitrogen and oxygen atoms in total. The van der Waals surface area contributed by atoms with Crippen LogP contribution >= 0.6 is 0 Å². The maximum atomic E-state index is 12.5. The van der Waals surface area contributed by atoms with Gasteiger partial charge in [-0.05, 0) is 36.1 Å². The number of aryl methyl sites for hydroxylation is 1. The number of nitrogens with one attached hydrogen (secondary N) is 3. The number of para-hydroxylation sites is 1. The summed E-state index contributed by atoms with van der Waals surface area (Å²) in [4.78, 5) is 37.1. The first kappa shape index (κ1) is 21.2. The van der Waals surface area contributed by atoms with Crippen molar-refractivity contribution in [3.05, 3.63) is 65.7 Å². The van der Waals surface area contributed by atoms with Gasteiger partial charge in [-0.1, -0.05) is 57.2 Å². The zero-order chi connectivity index (χ0) is 20.5. The van der Waals surface area contributed by atoms with Gasteiger partial charge in [0.2, 0.25) is 11.8 Å². The monoisotopic (exact) mass is 381 g/mol. The van der Waals surface area contributed by atoms with E-state index >= 15 is 0 Å². The summed E-state index contributed by atoms with van der Waals surface area (Å²) < 4.78 is 0. The molecule has 1 atom stereocenters. The minimum atomic E-state index is -0.733. The minimum absolute atomic E-state index is 0.128. The van der Waals surface area contributed by atoms with E-state index in [4.69, 9.17) is 0 Å². The molecule has 0 aromatic heterocycles. The van der Waals surface area contributed by atoms with E-state index in [1.807, 2.05) is 51.1 Å². The van der Waals surface area contributed by atoms with Gasteiger partial charge < -0.3 is 16.0 Å². The molecule has 3 N–H and O–H groups in total. The molecule has 0 bridgehead atoms. The molecule has 0 saturated carbocycles. The highest BCUT2D eigenvalue weighted by Gasteiger charge is 2.25. The lowest BCUT2D eigenvalue weighted by molar-refractivity contribution is -0.126. The van der Waals surface area contributed by atoms with Crippen LogP contribution in [0.3, 0.4) is 0 Å². The average molecular weight is 381 g/mol. The lowest BCUT2D eigenvalue weighted by Crippen LogP contribution is -2.51. The molecule has 2 aromatic carbocycles. The van der Waals surface area contributed by atoms with Crippen LogP contribution in [0.15, 0.2) is 54.6 Å². The standard InChI is InChI=1S/C22H27N3O3/c1-4-16-10-8-9-13-18(16)24-19(26)14-23-22(28)20(15(2)3)25-21(27)17-11-6-5-7-12-17/h5-13,15,20H,4,14H2,1-3H3,(H,23,28)(H,24,26)(H,25,27). The summed E-state index contributed by atoms with van der Waals surface area (Å²) in [5.74, 6) is -1.16.